The lowest BCUT2D eigenvalue weighted by Gasteiger charge is -2.21. The van der Waals surface area contributed by atoms with Crippen LogP contribution in [0.5, 0.6) is 0 Å². The van der Waals surface area contributed by atoms with Gasteiger partial charge in [-0.1, -0.05) is 22.0 Å². The van der Waals surface area contributed by atoms with Crippen molar-refractivity contribution in [2.75, 3.05) is 0 Å². The first-order valence-electron chi connectivity index (χ1n) is 6.09. The molecule has 3 nitrogen and oxygen atoms in total. The Balaban J connectivity index is 2.33. The molecule has 0 unspecified atom stereocenters. The number of hydrogen-bond donors (Lipinski definition) is 1. The lowest BCUT2D eigenvalue weighted by molar-refractivity contribution is 0.424. The van der Waals surface area contributed by atoms with E-state index in [9.17, 15) is 0 Å². The molecule has 0 fully saturated rings. The van der Waals surface area contributed by atoms with Crippen molar-refractivity contribution in [1.29, 1.82) is 0 Å². The molecule has 0 spiro atoms. The third kappa shape index (κ3) is 4.29. The van der Waals surface area contributed by atoms with Gasteiger partial charge in [-0.3, -0.25) is 0 Å². The van der Waals surface area contributed by atoms with E-state index in [0.717, 1.165) is 20.3 Å². The molecule has 1 aromatic heterocycles. The summed E-state index contributed by atoms with van der Waals surface area (Å²) in [6.45, 7) is 7.33. The van der Waals surface area contributed by atoms with Crippen LogP contribution in [0.1, 0.15) is 26.3 Å². The molecule has 0 amide bonds. The molecule has 0 aliphatic carbocycles. The molecule has 0 radical (unpaired) electrons. The fourth-order valence-electron chi connectivity index (χ4n) is 1.69. The number of hydrogen-bond acceptors (Lipinski definition) is 2. The Morgan fingerprint density at radius 1 is 1.37 bits per heavy atom. The highest BCUT2D eigenvalue weighted by atomic mass is 127. The van der Waals surface area contributed by atoms with Crippen LogP contribution in [0, 0.1) is 3.57 Å². The lowest BCUT2D eigenvalue weighted by Crippen LogP contribution is -2.35. The van der Waals surface area contributed by atoms with Gasteiger partial charge in [0, 0.05) is 22.8 Å². The van der Waals surface area contributed by atoms with Crippen LogP contribution >= 0.6 is 38.5 Å². The van der Waals surface area contributed by atoms with E-state index in [4.69, 9.17) is 0 Å². The molecule has 0 aliphatic heterocycles. The molecule has 102 valence electrons. The summed E-state index contributed by atoms with van der Waals surface area (Å²) in [6, 6.07) is 6.30. The van der Waals surface area contributed by atoms with Crippen LogP contribution in [0.15, 0.2) is 35.1 Å². The van der Waals surface area contributed by atoms with Crippen molar-refractivity contribution in [3.8, 4) is 5.69 Å². The van der Waals surface area contributed by atoms with Gasteiger partial charge in [0.05, 0.1) is 15.5 Å². The lowest BCUT2D eigenvalue weighted by atomic mass is 10.1. The topological polar surface area (TPSA) is 29.9 Å². The van der Waals surface area contributed by atoms with E-state index in [1.165, 1.54) is 5.56 Å². The second-order valence-corrected chi connectivity index (χ2v) is 7.64. The second kappa shape index (κ2) is 5.93. The van der Waals surface area contributed by atoms with Crippen molar-refractivity contribution >= 4 is 38.5 Å². The van der Waals surface area contributed by atoms with Gasteiger partial charge in [0.2, 0.25) is 0 Å². The van der Waals surface area contributed by atoms with Gasteiger partial charge in [0.25, 0.3) is 0 Å². The van der Waals surface area contributed by atoms with Crippen molar-refractivity contribution in [2.45, 2.75) is 32.9 Å². The Hall–Kier alpha value is -0.400. The van der Waals surface area contributed by atoms with E-state index in [1.807, 2.05) is 17.1 Å². The summed E-state index contributed by atoms with van der Waals surface area (Å²) in [6.07, 6.45) is 3.89. The van der Waals surface area contributed by atoms with Gasteiger partial charge in [-0.2, -0.15) is 5.10 Å². The van der Waals surface area contributed by atoms with E-state index < -0.39 is 0 Å². The van der Waals surface area contributed by atoms with Gasteiger partial charge in [-0.15, -0.1) is 0 Å². The van der Waals surface area contributed by atoms with Gasteiger partial charge in [0.15, 0.2) is 0 Å². The minimum Gasteiger partial charge on any atom is -0.308 e. The Morgan fingerprint density at radius 2 is 2.11 bits per heavy atom. The zero-order valence-corrected chi connectivity index (χ0v) is 15.0. The highest BCUT2D eigenvalue weighted by molar-refractivity contribution is 14.1. The number of nitrogens with one attached hydrogen (secondary N) is 1. The van der Waals surface area contributed by atoms with Crippen molar-refractivity contribution in [3.63, 3.8) is 0 Å². The predicted molar refractivity (Wildman–Crippen MR) is 90.6 cm³/mol. The van der Waals surface area contributed by atoms with Gasteiger partial charge in [0.1, 0.15) is 0 Å². The third-order valence-corrected chi connectivity index (χ3v) is 3.70. The zero-order chi connectivity index (χ0) is 14.0. The number of aromatic nitrogens is 2. The van der Waals surface area contributed by atoms with E-state index in [-0.39, 0.29) is 5.54 Å². The van der Waals surface area contributed by atoms with Crippen LogP contribution in [-0.4, -0.2) is 15.3 Å². The molecule has 0 atom stereocenters. The molecule has 1 heterocycles. The summed E-state index contributed by atoms with van der Waals surface area (Å²) in [5.41, 5.74) is 2.44. The number of nitrogens with zero attached hydrogens (tertiary/aromatic N) is 2. The van der Waals surface area contributed by atoms with Crippen molar-refractivity contribution in [3.05, 3.63) is 44.2 Å². The summed E-state index contributed by atoms with van der Waals surface area (Å²) in [7, 11) is 0. The van der Waals surface area contributed by atoms with Gasteiger partial charge in [-0.25, -0.2) is 4.68 Å². The minimum absolute atomic E-state index is 0.100. The molecular formula is C14H17BrIN3. The molecule has 0 saturated carbocycles. The Kier molecular flexibility index (Phi) is 4.68. The Bertz CT molecular complexity index is 572. The molecule has 19 heavy (non-hydrogen) atoms. The summed E-state index contributed by atoms with van der Waals surface area (Å²) in [4.78, 5) is 0. The standard InChI is InChI=1S/C14H17BrIN3/c1-14(2,3)17-7-10-4-5-11(15)6-13(10)19-9-12(16)8-18-19/h4-6,8-9,17H,7H2,1-3H3. The van der Waals surface area contributed by atoms with Crippen LogP contribution in [0.4, 0.5) is 0 Å². The summed E-state index contributed by atoms with van der Waals surface area (Å²) in [5.74, 6) is 0. The largest absolute Gasteiger partial charge is 0.308 e. The first-order valence-corrected chi connectivity index (χ1v) is 7.96. The van der Waals surface area contributed by atoms with Gasteiger partial charge in [-0.05, 0) is 61.1 Å². The molecule has 2 aromatic rings. The average Bonchev–Trinajstić information content (AvgIpc) is 2.73. The van der Waals surface area contributed by atoms with E-state index in [0.29, 0.717) is 0 Å². The maximum absolute atomic E-state index is 4.39. The molecule has 1 aromatic carbocycles. The molecule has 2 rings (SSSR count). The van der Waals surface area contributed by atoms with Gasteiger partial charge < -0.3 is 5.32 Å². The predicted octanol–water partition coefficient (Wildman–Crippen LogP) is 4.13. The zero-order valence-electron chi connectivity index (χ0n) is 11.2. The van der Waals surface area contributed by atoms with Crippen molar-refractivity contribution in [1.82, 2.24) is 15.1 Å². The minimum atomic E-state index is 0.100. The first kappa shape index (κ1) is 15.0. The molecular weight excluding hydrogens is 417 g/mol. The summed E-state index contributed by atoms with van der Waals surface area (Å²) >= 11 is 5.80. The first-order chi connectivity index (χ1) is 8.85. The molecule has 0 bridgehead atoms. The normalized spacial score (nSPS) is 11.8. The van der Waals surface area contributed by atoms with E-state index in [1.54, 1.807) is 0 Å². The quantitative estimate of drug-likeness (QED) is 0.737. The maximum atomic E-state index is 4.39. The maximum Gasteiger partial charge on any atom is 0.0702 e. The Morgan fingerprint density at radius 3 is 2.68 bits per heavy atom. The smallest absolute Gasteiger partial charge is 0.0702 e. The fraction of sp³-hybridized carbons (Fsp3) is 0.357. The second-order valence-electron chi connectivity index (χ2n) is 5.48. The molecule has 5 heteroatoms. The highest BCUT2D eigenvalue weighted by Gasteiger charge is 2.12. The SMILES string of the molecule is CC(C)(C)NCc1ccc(Br)cc1-n1cc(I)cn1. The van der Waals surface area contributed by atoms with Crippen molar-refractivity contribution in [2.24, 2.45) is 0 Å². The van der Waals surface area contributed by atoms with E-state index in [2.05, 4.69) is 87.9 Å². The Labute approximate surface area is 136 Å². The monoisotopic (exact) mass is 433 g/mol. The average molecular weight is 434 g/mol. The number of rotatable bonds is 3. The molecule has 0 saturated heterocycles. The van der Waals surface area contributed by atoms with Crippen LogP contribution in [0.3, 0.4) is 0 Å². The summed E-state index contributed by atoms with van der Waals surface area (Å²) < 4.78 is 4.12. The van der Waals surface area contributed by atoms with Crippen LogP contribution < -0.4 is 5.32 Å². The van der Waals surface area contributed by atoms with Crippen molar-refractivity contribution < 1.29 is 0 Å². The highest BCUT2D eigenvalue weighted by Crippen LogP contribution is 2.21. The van der Waals surface area contributed by atoms with E-state index >= 15 is 0 Å². The fourth-order valence-corrected chi connectivity index (χ4v) is 2.43. The summed E-state index contributed by atoms with van der Waals surface area (Å²) in [5, 5.41) is 7.91. The van der Waals surface area contributed by atoms with Crippen LogP contribution in [-0.2, 0) is 6.54 Å². The molecule has 1 N–H and O–H groups in total. The van der Waals surface area contributed by atoms with Gasteiger partial charge >= 0.3 is 0 Å². The number of benzene rings is 1. The van der Waals surface area contributed by atoms with Crippen LogP contribution in [0.2, 0.25) is 0 Å². The number of halogens is 2. The third-order valence-electron chi connectivity index (χ3n) is 2.65. The van der Waals surface area contributed by atoms with Crippen LogP contribution in [0.25, 0.3) is 5.69 Å². The molecule has 0 aliphatic rings.